The Labute approximate surface area is 165 Å². The van der Waals surface area contributed by atoms with Gasteiger partial charge < -0.3 is 0 Å². The van der Waals surface area contributed by atoms with Gasteiger partial charge in [-0.3, -0.25) is 0 Å². The van der Waals surface area contributed by atoms with Crippen LogP contribution < -0.4 is 4.83 Å². The van der Waals surface area contributed by atoms with E-state index in [4.69, 9.17) is 11.6 Å². The maximum Gasteiger partial charge on any atom is 0.276 e. The molecule has 0 aliphatic rings. The van der Waals surface area contributed by atoms with Crippen LogP contribution >= 0.6 is 11.6 Å². The third kappa shape index (κ3) is 6.63. The first-order valence-corrected chi connectivity index (χ1v) is 11.0. The molecule has 0 aliphatic heterocycles. The Kier molecular flexibility index (Phi) is 8.25. The zero-order valence-corrected chi connectivity index (χ0v) is 16.9. The molecule has 0 amide bonds. The normalized spacial score (nSPS) is 12.2. The molecule has 0 saturated heterocycles. The SMILES string of the molecule is CCCCc1ccc(S(=O)(=O)N/N=C(\CCCCl)c2ccc(F)cc2)cc1. The monoisotopic (exact) mass is 410 g/mol. The van der Waals surface area contributed by atoms with E-state index >= 15 is 0 Å². The van der Waals surface area contributed by atoms with Crippen LogP contribution in [0.15, 0.2) is 58.5 Å². The number of aryl methyl sites for hydroxylation is 1. The van der Waals surface area contributed by atoms with E-state index in [1.807, 2.05) is 12.1 Å². The number of unbranched alkanes of at least 4 members (excludes halogenated alkanes) is 1. The summed E-state index contributed by atoms with van der Waals surface area (Å²) in [6.07, 6.45) is 4.19. The third-order valence-corrected chi connectivity index (χ3v) is 5.57. The van der Waals surface area contributed by atoms with E-state index in [1.54, 1.807) is 24.3 Å². The fourth-order valence-corrected chi connectivity index (χ4v) is 3.49. The van der Waals surface area contributed by atoms with Crippen LogP contribution in [0, 0.1) is 5.82 Å². The van der Waals surface area contributed by atoms with Gasteiger partial charge in [-0.1, -0.05) is 37.6 Å². The van der Waals surface area contributed by atoms with Crippen LogP contribution in [0.3, 0.4) is 0 Å². The van der Waals surface area contributed by atoms with Crippen molar-refractivity contribution in [2.45, 2.75) is 43.9 Å². The lowest BCUT2D eigenvalue weighted by Crippen LogP contribution is -2.21. The molecular formula is C20H24ClFN2O2S. The predicted molar refractivity (Wildman–Crippen MR) is 108 cm³/mol. The molecule has 1 N–H and O–H groups in total. The second-order valence-corrected chi connectivity index (χ2v) is 8.24. The van der Waals surface area contributed by atoms with Crippen LogP contribution in [0.5, 0.6) is 0 Å². The molecule has 0 spiro atoms. The molecule has 0 atom stereocenters. The first-order valence-electron chi connectivity index (χ1n) is 8.95. The lowest BCUT2D eigenvalue weighted by molar-refractivity contribution is 0.584. The standard InChI is InChI=1S/C20H24ClFN2O2S/c1-2-3-5-16-7-13-19(14-8-16)27(25,26)24-23-20(6-4-15-21)17-9-11-18(22)12-10-17/h7-14,24H,2-6,15H2,1H3/b23-20+. The molecule has 0 radical (unpaired) electrons. The Morgan fingerprint density at radius 1 is 1.07 bits per heavy atom. The number of nitrogens with zero attached hydrogens (tertiary/aromatic N) is 1. The third-order valence-electron chi connectivity index (χ3n) is 4.08. The van der Waals surface area contributed by atoms with Crippen molar-refractivity contribution in [3.8, 4) is 0 Å². The van der Waals surface area contributed by atoms with Gasteiger partial charge >= 0.3 is 0 Å². The Morgan fingerprint density at radius 2 is 1.74 bits per heavy atom. The van der Waals surface area contributed by atoms with Gasteiger partial charge in [-0.15, -0.1) is 11.6 Å². The van der Waals surface area contributed by atoms with Crippen LogP contribution in [0.25, 0.3) is 0 Å². The summed E-state index contributed by atoms with van der Waals surface area (Å²) in [6, 6.07) is 12.6. The Bertz CT molecular complexity index is 851. The highest BCUT2D eigenvalue weighted by Crippen LogP contribution is 2.14. The van der Waals surface area contributed by atoms with Crippen molar-refractivity contribution < 1.29 is 12.8 Å². The zero-order valence-electron chi connectivity index (χ0n) is 15.3. The van der Waals surface area contributed by atoms with E-state index in [0.29, 0.717) is 30.0 Å². The number of hydrogen-bond acceptors (Lipinski definition) is 3. The van der Waals surface area contributed by atoms with Gasteiger partial charge in [0.2, 0.25) is 0 Å². The topological polar surface area (TPSA) is 58.5 Å². The van der Waals surface area contributed by atoms with Gasteiger partial charge in [0.05, 0.1) is 10.6 Å². The average Bonchev–Trinajstić information content (AvgIpc) is 2.67. The summed E-state index contributed by atoms with van der Waals surface area (Å²) < 4.78 is 38.2. The number of sulfonamides is 1. The zero-order chi connectivity index (χ0) is 19.7. The Balaban J connectivity index is 2.18. The number of hydrogen-bond donors (Lipinski definition) is 1. The lowest BCUT2D eigenvalue weighted by Gasteiger charge is -2.09. The quantitative estimate of drug-likeness (QED) is 0.345. The molecule has 0 fully saturated rings. The maximum absolute atomic E-state index is 13.1. The van der Waals surface area contributed by atoms with E-state index in [9.17, 15) is 12.8 Å². The lowest BCUT2D eigenvalue weighted by atomic mass is 10.1. The molecule has 0 saturated carbocycles. The smallest absolute Gasteiger partial charge is 0.207 e. The highest BCUT2D eigenvalue weighted by atomic mass is 35.5. The maximum atomic E-state index is 13.1. The molecule has 2 aromatic rings. The van der Waals surface area contributed by atoms with E-state index in [2.05, 4.69) is 16.9 Å². The van der Waals surface area contributed by atoms with Crippen LogP contribution in [-0.4, -0.2) is 20.0 Å². The highest BCUT2D eigenvalue weighted by molar-refractivity contribution is 7.89. The van der Waals surface area contributed by atoms with E-state index in [-0.39, 0.29) is 10.7 Å². The summed E-state index contributed by atoms with van der Waals surface area (Å²) in [4.78, 5) is 2.44. The fraction of sp³-hybridized carbons (Fsp3) is 0.350. The van der Waals surface area contributed by atoms with Gasteiger partial charge in [-0.2, -0.15) is 18.4 Å². The second kappa shape index (κ2) is 10.4. The minimum atomic E-state index is -3.78. The van der Waals surface area contributed by atoms with Crippen LogP contribution in [-0.2, 0) is 16.4 Å². The van der Waals surface area contributed by atoms with Crippen molar-refractivity contribution in [2.75, 3.05) is 5.88 Å². The highest BCUT2D eigenvalue weighted by Gasteiger charge is 2.14. The minimum Gasteiger partial charge on any atom is -0.207 e. The summed E-state index contributed by atoms with van der Waals surface area (Å²) in [5.74, 6) is 0.0609. The fourth-order valence-electron chi connectivity index (χ4n) is 2.53. The number of benzene rings is 2. The van der Waals surface area contributed by atoms with Gasteiger partial charge in [0, 0.05) is 5.88 Å². The summed E-state index contributed by atoms with van der Waals surface area (Å²) >= 11 is 5.74. The van der Waals surface area contributed by atoms with Gasteiger partial charge in [0.25, 0.3) is 10.0 Å². The molecule has 7 heteroatoms. The molecule has 0 bridgehead atoms. The molecule has 4 nitrogen and oxygen atoms in total. The van der Waals surface area contributed by atoms with E-state index in [1.165, 1.54) is 12.1 Å². The summed E-state index contributed by atoms with van der Waals surface area (Å²) in [7, 11) is -3.78. The van der Waals surface area contributed by atoms with Crippen molar-refractivity contribution in [3.63, 3.8) is 0 Å². The van der Waals surface area contributed by atoms with Gasteiger partial charge in [0.1, 0.15) is 5.82 Å². The van der Waals surface area contributed by atoms with E-state index in [0.717, 1.165) is 24.8 Å². The molecule has 2 rings (SSSR count). The number of halogens is 2. The number of rotatable bonds is 10. The Hall–Kier alpha value is -1.92. The van der Waals surface area contributed by atoms with Crippen molar-refractivity contribution in [1.82, 2.24) is 4.83 Å². The molecule has 146 valence electrons. The largest absolute Gasteiger partial charge is 0.276 e. The summed E-state index contributed by atoms with van der Waals surface area (Å²) in [5, 5.41) is 4.08. The van der Waals surface area contributed by atoms with Gasteiger partial charge in [-0.05, 0) is 61.1 Å². The average molecular weight is 411 g/mol. The molecule has 0 unspecified atom stereocenters. The molecule has 27 heavy (non-hydrogen) atoms. The van der Waals surface area contributed by atoms with Crippen molar-refractivity contribution >= 4 is 27.3 Å². The minimum absolute atomic E-state index is 0.155. The first-order chi connectivity index (χ1) is 13.0. The van der Waals surface area contributed by atoms with Crippen molar-refractivity contribution in [1.29, 1.82) is 0 Å². The summed E-state index contributed by atoms with van der Waals surface area (Å²) in [5.41, 5.74) is 2.27. The molecule has 2 aromatic carbocycles. The van der Waals surface area contributed by atoms with Crippen molar-refractivity contribution in [3.05, 3.63) is 65.5 Å². The number of hydrazone groups is 1. The molecular weight excluding hydrogens is 387 g/mol. The van der Waals surface area contributed by atoms with Gasteiger partial charge in [0.15, 0.2) is 0 Å². The number of nitrogens with one attached hydrogen (secondary N) is 1. The molecule has 0 aromatic heterocycles. The van der Waals surface area contributed by atoms with Crippen LogP contribution in [0.4, 0.5) is 4.39 Å². The van der Waals surface area contributed by atoms with Crippen LogP contribution in [0.2, 0.25) is 0 Å². The van der Waals surface area contributed by atoms with Gasteiger partial charge in [-0.25, -0.2) is 4.39 Å². The van der Waals surface area contributed by atoms with Crippen molar-refractivity contribution in [2.24, 2.45) is 5.10 Å². The number of alkyl halides is 1. The molecule has 0 heterocycles. The second-order valence-electron chi connectivity index (χ2n) is 6.20. The molecule has 0 aliphatic carbocycles. The summed E-state index contributed by atoms with van der Waals surface area (Å²) in [6.45, 7) is 2.11. The van der Waals surface area contributed by atoms with Crippen LogP contribution in [0.1, 0.15) is 43.7 Å². The predicted octanol–water partition coefficient (Wildman–Crippen LogP) is 4.87. The Morgan fingerprint density at radius 3 is 2.33 bits per heavy atom. The van der Waals surface area contributed by atoms with E-state index < -0.39 is 10.0 Å². The first kappa shape index (κ1) is 21.4.